The molecule has 4 heterocycles. The first-order valence-corrected chi connectivity index (χ1v) is 12.1. The van der Waals surface area contributed by atoms with Crippen molar-refractivity contribution in [2.24, 2.45) is 0 Å². The van der Waals surface area contributed by atoms with Gasteiger partial charge in [-0.1, -0.05) is 23.3 Å². The second kappa shape index (κ2) is 12.0. The maximum Gasteiger partial charge on any atom is 0.495 e. The van der Waals surface area contributed by atoms with Gasteiger partial charge in [-0.05, 0) is 37.3 Å². The van der Waals surface area contributed by atoms with Crippen LogP contribution in [0.3, 0.4) is 0 Å². The smallest absolute Gasteiger partial charge is 0.370 e. The van der Waals surface area contributed by atoms with E-state index in [0.717, 1.165) is 30.9 Å². The number of halogens is 3. The lowest BCUT2D eigenvalue weighted by Gasteiger charge is -2.17. The molecule has 0 radical (unpaired) electrons. The van der Waals surface area contributed by atoms with Crippen LogP contribution in [0.5, 0.6) is 0 Å². The highest BCUT2D eigenvalue weighted by atomic mass is 19.4. The molecule has 1 unspecified atom stereocenters. The normalized spacial score (nSPS) is 13.9. The van der Waals surface area contributed by atoms with Gasteiger partial charge in [-0.15, -0.1) is 0 Å². The Kier molecular flexibility index (Phi) is 8.53. The number of fused-ring (bicyclic) bond motifs is 1. The molecule has 3 aromatic heterocycles. The number of rotatable bonds is 10. The quantitative estimate of drug-likeness (QED) is 0.297. The van der Waals surface area contributed by atoms with Crippen molar-refractivity contribution in [3.63, 3.8) is 0 Å². The second-order valence-corrected chi connectivity index (χ2v) is 8.63. The zero-order chi connectivity index (χ0) is 27.1. The Balaban J connectivity index is 1.34. The number of anilines is 1. The summed E-state index contributed by atoms with van der Waals surface area (Å²) < 4.78 is 47.3. The Hall–Kier alpha value is -4.04. The number of hydrogen-bond acceptors (Lipinski definition) is 12. The zero-order valence-electron chi connectivity index (χ0n) is 20.4. The number of carbonyl (C=O) groups excluding carboxylic acids is 2. The molecule has 3 aromatic rings. The van der Waals surface area contributed by atoms with E-state index in [1.807, 2.05) is 6.07 Å². The summed E-state index contributed by atoms with van der Waals surface area (Å²) in [5.74, 6) is -2.88. The number of hydrogen-bond donors (Lipinski definition) is 1. The van der Waals surface area contributed by atoms with E-state index in [0.29, 0.717) is 37.3 Å². The van der Waals surface area contributed by atoms with Gasteiger partial charge in [0.25, 0.3) is 0 Å². The van der Waals surface area contributed by atoms with Crippen molar-refractivity contribution in [2.45, 2.75) is 70.4 Å². The maximum absolute atomic E-state index is 12.3. The number of nitrogens with one attached hydrogen (secondary N) is 1. The molecule has 0 bridgehead atoms. The molecule has 0 saturated heterocycles. The first kappa shape index (κ1) is 27.0. The third-order valence-corrected chi connectivity index (χ3v) is 5.72. The molecule has 1 N–H and O–H groups in total. The van der Waals surface area contributed by atoms with Crippen molar-refractivity contribution in [3.05, 3.63) is 46.8 Å². The van der Waals surface area contributed by atoms with E-state index in [2.05, 4.69) is 46.4 Å². The van der Waals surface area contributed by atoms with Crippen molar-refractivity contribution in [3.8, 4) is 0 Å². The molecule has 12 nitrogen and oxygen atoms in total. The fraction of sp³-hybridized carbons (Fsp3) is 0.522. The van der Waals surface area contributed by atoms with Crippen molar-refractivity contribution >= 4 is 17.8 Å². The molecule has 1 atom stereocenters. The highest BCUT2D eigenvalue weighted by Crippen LogP contribution is 2.25. The van der Waals surface area contributed by atoms with Gasteiger partial charge in [0.05, 0.1) is 12.3 Å². The molecular weight excluding hydrogens is 513 g/mol. The molecule has 0 aromatic carbocycles. The second-order valence-electron chi connectivity index (χ2n) is 8.63. The molecule has 38 heavy (non-hydrogen) atoms. The van der Waals surface area contributed by atoms with Gasteiger partial charge in [-0.3, -0.25) is 0 Å². The molecule has 0 aliphatic carbocycles. The predicted octanol–water partition coefficient (Wildman–Crippen LogP) is 3.22. The summed E-state index contributed by atoms with van der Waals surface area (Å²) in [4.78, 5) is 43.6. The summed E-state index contributed by atoms with van der Waals surface area (Å²) in [5, 5.41) is 11.0. The van der Waals surface area contributed by atoms with Crippen LogP contribution in [0.2, 0.25) is 0 Å². The Morgan fingerprint density at radius 3 is 2.66 bits per heavy atom. The van der Waals surface area contributed by atoms with E-state index < -0.39 is 30.5 Å². The third-order valence-electron chi connectivity index (χ3n) is 5.72. The van der Waals surface area contributed by atoms with E-state index in [-0.39, 0.29) is 18.2 Å². The van der Waals surface area contributed by atoms with Crippen LogP contribution in [0.1, 0.15) is 66.8 Å². The van der Waals surface area contributed by atoms with Crippen molar-refractivity contribution < 1.29 is 41.6 Å². The van der Waals surface area contributed by atoms with Crippen LogP contribution in [-0.4, -0.2) is 49.9 Å². The minimum atomic E-state index is -5.31. The third kappa shape index (κ3) is 7.26. The van der Waals surface area contributed by atoms with E-state index in [4.69, 9.17) is 9.05 Å². The number of pyridine rings is 1. The van der Waals surface area contributed by atoms with Gasteiger partial charge in [0, 0.05) is 31.5 Å². The van der Waals surface area contributed by atoms with Gasteiger partial charge >= 0.3 is 18.1 Å². The molecular formula is C23H25F3N6O6. The van der Waals surface area contributed by atoms with Crippen molar-refractivity contribution in [1.29, 1.82) is 0 Å². The lowest BCUT2D eigenvalue weighted by molar-refractivity contribution is -0.286. The molecule has 0 amide bonds. The Morgan fingerprint density at radius 1 is 1.08 bits per heavy atom. The standard InChI is InChI=1S/C23H25F3N6O6/c1-2-16-30-21(36-31-16)14(12-19(33)37-38-22(34)23(24,25)26)11-18-29-17(32-35-18)7-3-6-15-9-8-13-5-4-10-27-20(13)28-15/h8-9,14H,2-7,10-12H2,1H3,(H,27,28). The van der Waals surface area contributed by atoms with Gasteiger partial charge in [0.2, 0.25) is 11.8 Å². The number of carbonyl (C=O) groups is 2. The predicted molar refractivity (Wildman–Crippen MR) is 120 cm³/mol. The van der Waals surface area contributed by atoms with Gasteiger partial charge in [0.1, 0.15) is 5.82 Å². The fourth-order valence-corrected chi connectivity index (χ4v) is 3.81. The lowest BCUT2D eigenvalue weighted by Crippen LogP contribution is -2.27. The van der Waals surface area contributed by atoms with Crippen LogP contribution >= 0.6 is 0 Å². The number of aromatic nitrogens is 5. The van der Waals surface area contributed by atoms with Gasteiger partial charge in [0.15, 0.2) is 11.6 Å². The number of alkyl halides is 3. The SMILES string of the molecule is CCc1noc(C(CC(=O)OOC(=O)C(F)(F)F)Cc2nc(CCCc3ccc4c(n3)NCCC4)no2)n1. The van der Waals surface area contributed by atoms with Crippen molar-refractivity contribution in [2.75, 3.05) is 11.9 Å². The van der Waals surface area contributed by atoms with Gasteiger partial charge in [-0.25, -0.2) is 24.3 Å². The van der Waals surface area contributed by atoms with E-state index in [1.165, 1.54) is 5.56 Å². The minimum absolute atomic E-state index is 0.0211. The highest BCUT2D eigenvalue weighted by molar-refractivity contribution is 5.77. The molecule has 0 spiro atoms. The topological polar surface area (TPSA) is 155 Å². The van der Waals surface area contributed by atoms with Gasteiger partial charge in [-0.2, -0.15) is 23.1 Å². The minimum Gasteiger partial charge on any atom is -0.370 e. The largest absolute Gasteiger partial charge is 0.495 e. The number of nitrogens with zero attached hydrogens (tertiary/aromatic N) is 5. The first-order chi connectivity index (χ1) is 18.2. The van der Waals surface area contributed by atoms with E-state index in [1.54, 1.807) is 6.92 Å². The molecule has 1 aliphatic heterocycles. The Labute approximate surface area is 214 Å². The van der Waals surface area contributed by atoms with Gasteiger partial charge < -0.3 is 14.4 Å². The summed E-state index contributed by atoms with van der Waals surface area (Å²) in [5.41, 5.74) is 2.17. The van der Waals surface area contributed by atoms with E-state index >= 15 is 0 Å². The average molecular weight is 538 g/mol. The zero-order valence-corrected chi connectivity index (χ0v) is 20.4. The molecule has 204 valence electrons. The van der Waals surface area contributed by atoms with Crippen LogP contribution in [-0.2, 0) is 51.5 Å². The molecule has 0 saturated carbocycles. The summed E-state index contributed by atoms with van der Waals surface area (Å²) in [7, 11) is 0. The average Bonchev–Trinajstić information content (AvgIpc) is 3.56. The van der Waals surface area contributed by atoms with Crippen LogP contribution in [0.25, 0.3) is 0 Å². The summed E-state index contributed by atoms with van der Waals surface area (Å²) in [6.45, 7) is 2.70. The molecule has 4 rings (SSSR count). The summed E-state index contributed by atoms with van der Waals surface area (Å²) in [6, 6.07) is 4.10. The van der Waals surface area contributed by atoms with Crippen LogP contribution in [0.4, 0.5) is 19.0 Å². The first-order valence-electron chi connectivity index (χ1n) is 12.1. The number of aryl methyl sites for hydroxylation is 4. The van der Waals surface area contributed by atoms with Crippen LogP contribution < -0.4 is 5.32 Å². The highest BCUT2D eigenvalue weighted by Gasteiger charge is 2.43. The Morgan fingerprint density at radius 2 is 1.89 bits per heavy atom. The maximum atomic E-state index is 12.3. The molecule has 15 heteroatoms. The van der Waals surface area contributed by atoms with Crippen molar-refractivity contribution in [1.82, 2.24) is 25.3 Å². The van der Waals surface area contributed by atoms with Crippen LogP contribution in [0, 0.1) is 0 Å². The molecule has 1 aliphatic rings. The summed E-state index contributed by atoms with van der Waals surface area (Å²) in [6.07, 6.45) is -1.41. The van der Waals surface area contributed by atoms with E-state index in [9.17, 15) is 22.8 Å². The Bertz CT molecular complexity index is 1260. The summed E-state index contributed by atoms with van der Waals surface area (Å²) >= 11 is 0. The molecule has 0 fully saturated rings. The fourth-order valence-electron chi connectivity index (χ4n) is 3.81. The lowest BCUT2D eigenvalue weighted by atomic mass is 10.0. The van der Waals surface area contributed by atoms with Crippen LogP contribution in [0.15, 0.2) is 21.2 Å². The monoisotopic (exact) mass is 538 g/mol.